The molecule has 2 fully saturated rings. The van der Waals surface area contributed by atoms with Gasteiger partial charge in [0.15, 0.2) is 0 Å². The van der Waals surface area contributed by atoms with Crippen LogP contribution in [0.3, 0.4) is 0 Å². The van der Waals surface area contributed by atoms with Gasteiger partial charge in [-0.1, -0.05) is 12.1 Å². The minimum atomic E-state index is -0.120. The van der Waals surface area contributed by atoms with Gasteiger partial charge in [0.05, 0.1) is 0 Å². The zero-order chi connectivity index (χ0) is 12.4. The summed E-state index contributed by atoms with van der Waals surface area (Å²) >= 11 is 0. The van der Waals surface area contributed by atoms with Crippen LogP contribution in [0.25, 0.3) is 0 Å². The van der Waals surface area contributed by atoms with E-state index in [-0.39, 0.29) is 11.2 Å². The van der Waals surface area contributed by atoms with Gasteiger partial charge in [-0.2, -0.15) is 0 Å². The molecule has 3 heteroatoms. The summed E-state index contributed by atoms with van der Waals surface area (Å²) in [6.07, 6.45) is 3.46. The minimum absolute atomic E-state index is 0.120. The number of rotatable bonds is 3. The lowest BCUT2D eigenvalue weighted by atomic mass is 9.68. The molecule has 0 unspecified atom stereocenters. The largest absolute Gasteiger partial charge is 0.381 e. The summed E-state index contributed by atoms with van der Waals surface area (Å²) in [7, 11) is 0. The Kier molecular flexibility index (Phi) is 3.35. The van der Waals surface area contributed by atoms with Gasteiger partial charge in [0.2, 0.25) is 0 Å². The second-order valence-electron chi connectivity index (χ2n) is 5.65. The first-order valence-corrected chi connectivity index (χ1v) is 6.83. The van der Waals surface area contributed by atoms with Crippen LogP contribution in [0.5, 0.6) is 0 Å². The number of nitrogens with one attached hydrogen (secondary N) is 1. The quantitative estimate of drug-likeness (QED) is 0.888. The summed E-state index contributed by atoms with van der Waals surface area (Å²) in [4.78, 5) is 0. The van der Waals surface area contributed by atoms with Gasteiger partial charge in [0.1, 0.15) is 5.82 Å². The molecule has 0 aromatic heterocycles. The number of hydrogen-bond acceptors (Lipinski definition) is 2. The van der Waals surface area contributed by atoms with Crippen LogP contribution < -0.4 is 5.32 Å². The molecule has 0 bridgehead atoms. The van der Waals surface area contributed by atoms with Gasteiger partial charge >= 0.3 is 0 Å². The third-order valence-electron chi connectivity index (χ3n) is 4.38. The molecule has 2 heterocycles. The normalized spacial score (nSPS) is 23.6. The van der Waals surface area contributed by atoms with Gasteiger partial charge in [-0.05, 0) is 42.9 Å². The molecule has 0 amide bonds. The third-order valence-corrected chi connectivity index (χ3v) is 4.38. The van der Waals surface area contributed by atoms with Gasteiger partial charge in [-0.25, -0.2) is 4.39 Å². The zero-order valence-electron chi connectivity index (χ0n) is 10.6. The molecule has 0 radical (unpaired) electrons. The Balaban J connectivity index is 1.77. The molecule has 2 aliphatic heterocycles. The van der Waals surface area contributed by atoms with E-state index in [2.05, 4.69) is 11.4 Å². The Morgan fingerprint density at radius 3 is 2.67 bits per heavy atom. The van der Waals surface area contributed by atoms with Crippen molar-refractivity contribution in [3.63, 3.8) is 0 Å². The molecule has 2 saturated heterocycles. The molecule has 0 atom stereocenters. The highest BCUT2D eigenvalue weighted by Gasteiger charge is 2.40. The summed E-state index contributed by atoms with van der Waals surface area (Å²) in [5, 5.41) is 3.36. The molecule has 0 saturated carbocycles. The van der Waals surface area contributed by atoms with Gasteiger partial charge in [0, 0.05) is 31.7 Å². The van der Waals surface area contributed by atoms with Crippen molar-refractivity contribution in [2.75, 3.05) is 26.3 Å². The molecule has 2 nitrogen and oxygen atoms in total. The van der Waals surface area contributed by atoms with Crippen molar-refractivity contribution in [1.82, 2.24) is 5.32 Å². The lowest BCUT2D eigenvalue weighted by molar-refractivity contribution is 0.0500. The molecule has 0 spiro atoms. The minimum Gasteiger partial charge on any atom is -0.381 e. The maximum Gasteiger partial charge on any atom is 0.123 e. The molecule has 1 N–H and O–H groups in total. The van der Waals surface area contributed by atoms with Crippen LogP contribution in [-0.2, 0) is 10.2 Å². The second kappa shape index (κ2) is 4.98. The van der Waals surface area contributed by atoms with Crippen molar-refractivity contribution in [2.45, 2.75) is 24.7 Å². The molecular formula is C15H20FNO. The van der Waals surface area contributed by atoms with Crippen LogP contribution in [0.1, 0.15) is 24.8 Å². The average molecular weight is 249 g/mol. The van der Waals surface area contributed by atoms with Gasteiger partial charge < -0.3 is 10.1 Å². The van der Waals surface area contributed by atoms with Crippen molar-refractivity contribution in [1.29, 1.82) is 0 Å². The predicted molar refractivity (Wildman–Crippen MR) is 69.1 cm³/mol. The van der Waals surface area contributed by atoms with E-state index in [1.165, 1.54) is 6.07 Å². The SMILES string of the molecule is Fc1cccc(C2(CC3CCOCC3)CNC2)c1. The van der Waals surface area contributed by atoms with Crippen LogP contribution in [0, 0.1) is 11.7 Å². The lowest BCUT2D eigenvalue weighted by Crippen LogP contribution is -2.57. The van der Waals surface area contributed by atoms with Crippen molar-refractivity contribution in [3.05, 3.63) is 35.6 Å². The number of benzene rings is 1. The summed E-state index contributed by atoms with van der Waals surface area (Å²) in [6.45, 7) is 3.73. The summed E-state index contributed by atoms with van der Waals surface area (Å²) < 4.78 is 18.8. The molecule has 0 aliphatic carbocycles. The molecular weight excluding hydrogens is 229 g/mol. The van der Waals surface area contributed by atoms with Crippen LogP contribution >= 0.6 is 0 Å². The van der Waals surface area contributed by atoms with Crippen LogP contribution in [0.4, 0.5) is 4.39 Å². The van der Waals surface area contributed by atoms with E-state index >= 15 is 0 Å². The fourth-order valence-corrected chi connectivity index (χ4v) is 3.21. The van der Waals surface area contributed by atoms with Crippen LogP contribution in [0.15, 0.2) is 24.3 Å². The predicted octanol–water partition coefficient (Wildman–Crippen LogP) is 2.48. The van der Waals surface area contributed by atoms with Crippen LogP contribution in [0.2, 0.25) is 0 Å². The number of halogens is 1. The summed E-state index contributed by atoms with van der Waals surface area (Å²) in [5.74, 6) is 0.606. The van der Waals surface area contributed by atoms with Gasteiger partial charge in [-0.3, -0.25) is 0 Å². The molecule has 18 heavy (non-hydrogen) atoms. The standard InChI is InChI=1S/C15H20FNO/c16-14-3-1-2-13(8-14)15(10-17-11-15)9-12-4-6-18-7-5-12/h1-3,8,12,17H,4-7,9-11H2. The van der Waals surface area contributed by atoms with Crippen molar-refractivity contribution < 1.29 is 9.13 Å². The Hall–Kier alpha value is -0.930. The summed E-state index contributed by atoms with van der Waals surface area (Å²) in [6, 6.07) is 7.13. The number of ether oxygens (including phenoxy) is 1. The highest BCUT2D eigenvalue weighted by molar-refractivity contribution is 5.30. The van der Waals surface area contributed by atoms with E-state index in [9.17, 15) is 4.39 Å². The lowest BCUT2D eigenvalue weighted by Gasteiger charge is -2.46. The molecule has 98 valence electrons. The Morgan fingerprint density at radius 2 is 2.06 bits per heavy atom. The Bertz CT molecular complexity index is 411. The van der Waals surface area contributed by atoms with Gasteiger partial charge in [-0.15, -0.1) is 0 Å². The van der Waals surface area contributed by atoms with Crippen molar-refractivity contribution >= 4 is 0 Å². The van der Waals surface area contributed by atoms with E-state index < -0.39 is 0 Å². The van der Waals surface area contributed by atoms with Gasteiger partial charge in [0.25, 0.3) is 0 Å². The fraction of sp³-hybridized carbons (Fsp3) is 0.600. The van der Waals surface area contributed by atoms with Crippen LogP contribution in [-0.4, -0.2) is 26.3 Å². The second-order valence-corrected chi connectivity index (χ2v) is 5.65. The monoisotopic (exact) mass is 249 g/mol. The van der Waals surface area contributed by atoms with E-state index in [0.29, 0.717) is 0 Å². The van der Waals surface area contributed by atoms with Crippen molar-refractivity contribution in [2.24, 2.45) is 5.92 Å². The number of hydrogen-bond donors (Lipinski definition) is 1. The molecule has 2 aliphatic rings. The first-order valence-electron chi connectivity index (χ1n) is 6.83. The summed E-state index contributed by atoms with van der Waals surface area (Å²) in [5.41, 5.74) is 1.32. The third kappa shape index (κ3) is 2.29. The van der Waals surface area contributed by atoms with E-state index in [4.69, 9.17) is 4.74 Å². The zero-order valence-corrected chi connectivity index (χ0v) is 10.6. The maximum absolute atomic E-state index is 13.4. The molecule has 1 aromatic carbocycles. The first-order chi connectivity index (χ1) is 8.78. The average Bonchev–Trinajstić information content (AvgIpc) is 2.35. The van der Waals surface area contributed by atoms with E-state index in [1.807, 2.05) is 6.07 Å². The Labute approximate surface area is 108 Å². The maximum atomic E-state index is 13.4. The van der Waals surface area contributed by atoms with E-state index in [0.717, 1.165) is 57.0 Å². The molecule has 3 rings (SSSR count). The highest BCUT2D eigenvalue weighted by atomic mass is 19.1. The smallest absolute Gasteiger partial charge is 0.123 e. The highest BCUT2D eigenvalue weighted by Crippen LogP contribution is 2.38. The first kappa shape index (κ1) is 12.1. The topological polar surface area (TPSA) is 21.3 Å². The van der Waals surface area contributed by atoms with Crippen molar-refractivity contribution in [3.8, 4) is 0 Å². The Morgan fingerprint density at radius 1 is 1.28 bits per heavy atom. The van der Waals surface area contributed by atoms with E-state index in [1.54, 1.807) is 6.07 Å². The fourth-order valence-electron chi connectivity index (χ4n) is 3.21. The molecule has 1 aromatic rings.